The van der Waals surface area contributed by atoms with Crippen molar-refractivity contribution in [3.8, 4) is 0 Å². The van der Waals surface area contributed by atoms with Gasteiger partial charge in [0.2, 0.25) is 0 Å². The molecule has 0 aliphatic carbocycles. The molecule has 1 rings (SSSR count). The number of rotatable bonds is 6. The average molecular weight is 333 g/mol. The van der Waals surface area contributed by atoms with E-state index in [0.29, 0.717) is 19.6 Å². The van der Waals surface area contributed by atoms with Gasteiger partial charge < -0.3 is 9.64 Å². The first kappa shape index (κ1) is 18.1. The predicted octanol–water partition coefficient (Wildman–Crippen LogP) is -0.436. The standard InChI is InChI=1S/C10H18F3N3O4S/c1-20-9(17)2-3-15-4-6-16(7-5-15)21(18,19)14-8-10(11,12)13/h14H,2-8H2,1H3. The van der Waals surface area contributed by atoms with E-state index >= 15 is 0 Å². The maximum absolute atomic E-state index is 12.0. The molecule has 0 aromatic heterocycles. The first-order chi connectivity index (χ1) is 9.64. The number of nitrogens with one attached hydrogen (secondary N) is 1. The van der Waals surface area contributed by atoms with Crippen molar-refractivity contribution in [3.63, 3.8) is 0 Å². The number of esters is 1. The number of hydrogen-bond acceptors (Lipinski definition) is 5. The van der Waals surface area contributed by atoms with E-state index in [0.717, 1.165) is 4.31 Å². The van der Waals surface area contributed by atoms with Crippen LogP contribution in [0.2, 0.25) is 0 Å². The summed E-state index contributed by atoms with van der Waals surface area (Å²) >= 11 is 0. The molecule has 0 spiro atoms. The smallest absolute Gasteiger partial charge is 0.402 e. The first-order valence-electron chi connectivity index (χ1n) is 6.25. The lowest BCUT2D eigenvalue weighted by atomic mass is 10.3. The van der Waals surface area contributed by atoms with Crippen LogP contribution < -0.4 is 4.72 Å². The van der Waals surface area contributed by atoms with Gasteiger partial charge in [0, 0.05) is 32.7 Å². The molecule has 124 valence electrons. The minimum atomic E-state index is -4.59. The molecule has 0 aromatic rings. The van der Waals surface area contributed by atoms with E-state index in [-0.39, 0.29) is 25.5 Å². The molecule has 1 saturated heterocycles. The Kier molecular flexibility index (Phi) is 6.38. The van der Waals surface area contributed by atoms with Crippen molar-refractivity contribution < 1.29 is 31.1 Å². The molecule has 0 unspecified atom stereocenters. The zero-order chi connectivity index (χ0) is 16.1. The van der Waals surface area contributed by atoms with Crippen LogP contribution in [0.4, 0.5) is 13.2 Å². The number of halogens is 3. The average Bonchev–Trinajstić information content (AvgIpc) is 2.42. The fraction of sp³-hybridized carbons (Fsp3) is 0.900. The van der Waals surface area contributed by atoms with Gasteiger partial charge in [-0.1, -0.05) is 0 Å². The molecule has 11 heteroatoms. The van der Waals surface area contributed by atoms with Crippen LogP contribution in [0.5, 0.6) is 0 Å². The molecule has 0 saturated carbocycles. The third-order valence-corrected chi connectivity index (χ3v) is 4.54. The second-order valence-electron chi connectivity index (χ2n) is 4.51. The minimum absolute atomic E-state index is 0.0777. The number of methoxy groups -OCH3 is 1. The van der Waals surface area contributed by atoms with E-state index in [1.54, 1.807) is 0 Å². The summed E-state index contributed by atoms with van der Waals surface area (Å²) in [6, 6.07) is 0. The number of ether oxygens (including phenoxy) is 1. The van der Waals surface area contributed by atoms with Gasteiger partial charge >= 0.3 is 12.1 Å². The lowest BCUT2D eigenvalue weighted by molar-refractivity contribution is -0.141. The van der Waals surface area contributed by atoms with E-state index in [4.69, 9.17) is 0 Å². The van der Waals surface area contributed by atoms with Crippen LogP contribution in [-0.2, 0) is 19.7 Å². The molecular formula is C10H18F3N3O4S. The zero-order valence-corrected chi connectivity index (χ0v) is 12.3. The van der Waals surface area contributed by atoms with Crippen molar-refractivity contribution in [2.45, 2.75) is 12.6 Å². The number of piperazine rings is 1. The van der Waals surface area contributed by atoms with Crippen LogP contribution in [-0.4, -0.2) is 76.1 Å². The highest BCUT2D eigenvalue weighted by Gasteiger charge is 2.33. The van der Waals surface area contributed by atoms with Gasteiger partial charge in [-0.25, -0.2) is 0 Å². The van der Waals surface area contributed by atoms with Gasteiger partial charge in [-0.05, 0) is 0 Å². The van der Waals surface area contributed by atoms with E-state index in [1.165, 1.54) is 11.8 Å². The van der Waals surface area contributed by atoms with E-state index in [1.807, 2.05) is 4.90 Å². The van der Waals surface area contributed by atoms with Crippen molar-refractivity contribution in [2.24, 2.45) is 0 Å². The number of alkyl halides is 3. The summed E-state index contributed by atoms with van der Waals surface area (Å²) in [6.07, 6.45) is -4.40. The molecule has 1 heterocycles. The molecular weight excluding hydrogens is 315 g/mol. The maximum Gasteiger partial charge on any atom is 0.402 e. The molecule has 0 amide bonds. The Morgan fingerprint density at radius 2 is 1.81 bits per heavy atom. The number of carbonyl (C=O) groups excluding carboxylic acids is 1. The third kappa shape index (κ3) is 6.59. The monoisotopic (exact) mass is 333 g/mol. The highest BCUT2D eigenvalue weighted by Crippen LogP contribution is 2.14. The van der Waals surface area contributed by atoms with Crippen molar-refractivity contribution in [2.75, 3.05) is 46.4 Å². The number of carbonyl (C=O) groups is 1. The van der Waals surface area contributed by atoms with Crippen LogP contribution in [0.1, 0.15) is 6.42 Å². The van der Waals surface area contributed by atoms with Crippen molar-refractivity contribution >= 4 is 16.2 Å². The highest BCUT2D eigenvalue weighted by molar-refractivity contribution is 7.87. The van der Waals surface area contributed by atoms with Crippen LogP contribution in [0.15, 0.2) is 0 Å². The van der Waals surface area contributed by atoms with Gasteiger partial charge in [-0.2, -0.15) is 30.6 Å². The fourth-order valence-electron chi connectivity index (χ4n) is 1.81. The summed E-state index contributed by atoms with van der Waals surface area (Å²) in [5, 5.41) is 0. The predicted molar refractivity (Wildman–Crippen MR) is 67.6 cm³/mol. The summed E-state index contributed by atoms with van der Waals surface area (Å²) in [6.45, 7) is -0.301. The zero-order valence-electron chi connectivity index (χ0n) is 11.5. The normalized spacial score (nSPS) is 18.7. The lowest BCUT2D eigenvalue weighted by Gasteiger charge is -2.33. The topological polar surface area (TPSA) is 79.0 Å². The van der Waals surface area contributed by atoms with Crippen LogP contribution in [0, 0.1) is 0 Å². The fourth-order valence-corrected chi connectivity index (χ4v) is 2.98. The molecule has 0 atom stereocenters. The molecule has 7 nitrogen and oxygen atoms in total. The molecule has 0 radical (unpaired) electrons. The molecule has 1 N–H and O–H groups in total. The van der Waals surface area contributed by atoms with Crippen molar-refractivity contribution in [1.29, 1.82) is 0 Å². The van der Waals surface area contributed by atoms with Crippen LogP contribution in [0.25, 0.3) is 0 Å². The van der Waals surface area contributed by atoms with Gasteiger partial charge in [0.05, 0.1) is 13.5 Å². The Morgan fingerprint density at radius 1 is 1.24 bits per heavy atom. The molecule has 1 fully saturated rings. The second kappa shape index (κ2) is 7.38. The lowest BCUT2D eigenvalue weighted by Crippen LogP contribution is -2.53. The SMILES string of the molecule is COC(=O)CCN1CCN(S(=O)(=O)NCC(F)(F)F)CC1. The Balaban J connectivity index is 2.39. The summed E-state index contributed by atoms with van der Waals surface area (Å²) in [5.74, 6) is -0.364. The molecule has 0 bridgehead atoms. The maximum atomic E-state index is 12.0. The van der Waals surface area contributed by atoms with Crippen molar-refractivity contribution in [1.82, 2.24) is 13.9 Å². The first-order valence-corrected chi connectivity index (χ1v) is 7.69. The third-order valence-electron chi connectivity index (χ3n) is 2.99. The molecule has 1 aliphatic heterocycles. The summed E-state index contributed by atoms with van der Waals surface area (Å²) in [5.41, 5.74) is 0. The Hall–Kier alpha value is -0.910. The molecule has 0 aromatic carbocycles. The van der Waals surface area contributed by atoms with Crippen LogP contribution >= 0.6 is 0 Å². The van der Waals surface area contributed by atoms with Crippen LogP contribution in [0.3, 0.4) is 0 Å². The largest absolute Gasteiger partial charge is 0.469 e. The van der Waals surface area contributed by atoms with Gasteiger partial charge in [-0.3, -0.25) is 4.79 Å². The summed E-state index contributed by atoms with van der Waals surface area (Å²) in [7, 11) is -2.85. The van der Waals surface area contributed by atoms with Crippen molar-refractivity contribution in [3.05, 3.63) is 0 Å². The Morgan fingerprint density at radius 3 is 2.29 bits per heavy atom. The number of hydrogen-bond donors (Lipinski definition) is 1. The second-order valence-corrected chi connectivity index (χ2v) is 6.26. The van der Waals surface area contributed by atoms with E-state index in [9.17, 15) is 26.4 Å². The molecule has 21 heavy (non-hydrogen) atoms. The summed E-state index contributed by atoms with van der Waals surface area (Å²) < 4.78 is 66.4. The Bertz CT molecular complexity index is 447. The summed E-state index contributed by atoms with van der Waals surface area (Å²) in [4.78, 5) is 12.8. The van der Waals surface area contributed by atoms with E-state index in [2.05, 4.69) is 4.74 Å². The van der Waals surface area contributed by atoms with Gasteiger partial charge in [0.1, 0.15) is 6.54 Å². The highest BCUT2D eigenvalue weighted by atomic mass is 32.2. The van der Waals surface area contributed by atoms with Gasteiger partial charge in [0.25, 0.3) is 10.2 Å². The van der Waals surface area contributed by atoms with Gasteiger partial charge in [-0.15, -0.1) is 0 Å². The van der Waals surface area contributed by atoms with E-state index < -0.39 is 22.9 Å². The van der Waals surface area contributed by atoms with Gasteiger partial charge in [0.15, 0.2) is 0 Å². The molecule has 1 aliphatic rings. The minimum Gasteiger partial charge on any atom is -0.469 e. The Labute approximate surface area is 121 Å². The number of nitrogens with zero attached hydrogens (tertiary/aromatic N) is 2. The quantitative estimate of drug-likeness (QED) is 0.667.